The van der Waals surface area contributed by atoms with Gasteiger partial charge in [0.15, 0.2) is 0 Å². The van der Waals surface area contributed by atoms with Crippen molar-refractivity contribution in [1.82, 2.24) is 15.1 Å². The molecule has 14 heavy (non-hydrogen) atoms. The lowest BCUT2D eigenvalue weighted by molar-refractivity contribution is 0.171. The smallest absolute Gasteiger partial charge is 0.0591 e. The van der Waals surface area contributed by atoms with Gasteiger partial charge in [0.2, 0.25) is 0 Å². The molecule has 3 heterocycles. The minimum absolute atomic E-state index is 0.193. The van der Waals surface area contributed by atoms with E-state index in [2.05, 4.69) is 10.4 Å². The molecule has 2 aliphatic heterocycles. The summed E-state index contributed by atoms with van der Waals surface area (Å²) < 4.78 is 7.56. The topological polar surface area (TPSA) is 39.1 Å². The molecule has 0 aliphatic carbocycles. The molecule has 1 spiro atoms. The summed E-state index contributed by atoms with van der Waals surface area (Å²) in [6.45, 7) is 3.70. The number of fused-ring (bicyclic) bond motifs is 2. The van der Waals surface area contributed by atoms with Crippen LogP contribution in [0, 0.1) is 0 Å². The van der Waals surface area contributed by atoms with Gasteiger partial charge in [-0.15, -0.1) is 0 Å². The summed E-state index contributed by atoms with van der Waals surface area (Å²) in [7, 11) is 2.03. The molecule has 0 saturated carbocycles. The molecule has 0 radical (unpaired) electrons. The molecule has 3 rings (SSSR count). The van der Waals surface area contributed by atoms with Crippen LogP contribution in [-0.4, -0.2) is 29.5 Å². The van der Waals surface area contributed by atoms with Gasteiger partial charge < -0.3 is 10.1 Å². The summed E-state index contributed by atoms with van der Waals surface area (Å²) in [5.41, 5.74) is 2.91. The molecule has 1 aromatic rings. The Morgan fingerprint density at radius 2 is 2.57 bits per heavy atom. The maximum atomic E-state index is 5.54. The fourth-order valence-electron chi connectivity index (χ4n) is 2.75. The zero-order valence-electron chi connectivity index (χ0n) is 8.42. The molecule has 0 bridgehead atoms. The van der Waals surface area contributed by atoms with Crippen molar-refractivity contribution in [1.29, 1.82) is 0 Å². The number of hydrogen-bond acceptors (Lipinski definition) is 3. The molecule has 76 valence electrons. The Morgan fingerprint density at radius 3 is 3.36 bits per heavy atom. The van der Waals surface area contributed by atoms with Gasteiger partial charge in [-0.05, 0) is 6.42 Å². The van der Waals surface area contributed by atoms with Gasteiger partial charge in [0, 0.05) is 32.3 Å². The van der Waals surface area contributed by atoms with Crippen LogP contribution in [0.25, 0.3) is 0 Å². The average molecular weight is 193 g/mol. The molecule has 1 saturated heterocycles. The molecular formula is C10H15N3O. The highest BCUT2D eigenvalue weighted by molar-refractivity contribution is 5.31. The first-order valence-corrected chi connectivity index (χ1v) is 5.12. The lowest BCUT2D eigenvalue weighted by Gasteiger charge is -2.33. The normalized spacial score (nSPS) is 30.9. The molecular weight excluding hydrogens is 178 g/mol. The molecule has 2 aliphatic rings. The van der Waals surface area contributed by atoms with Crippen LogP contribution in [0.1, 0.15) is 17.7 Å². The zero-order valence-corrected chi connectivity index (χ0v) is 8.42. The van der Waals surface area contributed by atoms with E-state index in [0.717, 1.165) is 32.7 Å². The molecule has 1 aromatic heterocycles. The highest BCUT2D eigenvalue weighted by atomic mass is 16.5. The fourth-order valence-corrected chi connectivity index (χ4v) is 2.75. The maximum Gasteiger partial charge on any atom is 0.0591 e. The van der Waals surface area contributed by atoms with Gasteiger partial charge in [-0.25, -0.2) is 0 Å². The van der Waals surface area contributed by atoms with Crippen molar-refractivity contribution in [2.24, 2.45) is 7.05 Å². The largest absolute Gasteiger partial charge is 0.380 e. The summed E-state index contributed by atoms with van der Waals surface area (Å²) in [6.07, 6.45) is 3.09. The highest BCUT2D eigenvalue weighted by Gasteiger charge is 2.42. The Morgan fingerprint density at radius 1 is 1.64 bits per heavy atom. The molecule has 1 unspecified atom stereocenters. The molecule has 1 fully saturated rings. The van der Waals surface area contributed by atoms with Crippen molar-refractivity contribution in [3.05, 3.63) is 17.5 Å². The van der Waals surface area contributed by atoms with Crippen molar-refractivity contribution in [2.45, 2.75) is 18.4 Å². The van der Waals surface area contributed by atoms with Crippen LogP contribution in [0.2, 0.25) is 0 Å². The Kier molecular flexibility index (Phi) is 1.69. The van der Waals surface area contributed by atoms with E-state index in [-0.39, 0.29) is 5.41 Å². The van der Waals surface area contributed by atoms with Gasteiger partial charge in [0.1, 0.15) is 0 Å². The number of hydrogen-bond donors (Lipinski definition) is 1. The summed E-state index contributed by atoms with van der Waals surface area (Å²) in [5.74, 6) is 0. The number of nitrogens with one attached hydrogen (secondary N) is 1. The lowest BCUT2D eigenvalue weighted by atomic mass is 9.79. The zero-order chi connectivity index (χ0) is 9.60. The predicted molar refractivity (Wildman–Crippen MR) is 52.0 cm³/mol. The monoisotopic (exact) mass is 193 g/mol. The maximum absolute atomic E-state index is 5.54. The van der Waals surface area contributed by atoms with Crippen LogP contribution >= 0.6 is 0 Å². The Bertz CT molecular complexity index is 352. The van der Waals surface area contributed by atoms with Crippen molar-refractivity contribution in [3.63, 3.8) is 0 Å². The quantitative estimate of drug-likeness (QED) is 0.639. The van der Waals surface area contributed by atoms with Crippen LogP contribution in [0.5, 0.6) is 0 Å². The van der Waals surface area contributed by atoms with E-state index in [1.54, 1.807) is 0 Å². The SMILES string of the molecule is Cn1ncc2c1C1(CCOC1)CNC2. The Hall–Kier alpha value is -0.870. The Balaban J connectivity index is 2.13. The Labute approximate surface area is 83.2 Å². The van der Waals surface area contributed by atoms with Gasteiger partial charge >= 0.3 is 0 Å². The van der Waals surface area contributed by atoms with E-state index < -0.39 is 0 Å². The van der Waals surface area contributed by atoms with Crippen LogP contribution in [0.3, 0.4) is 0 Å². The summed E-state index contributed by atoms with van der Waals surface area (Å²) in [5, 5.41) is 7.79. The van der Waals surface area contributed by atoms with E-state index in [4.69, 9.17) is 4.74 Å². The van der Waals surface area contributed by atoms with E-state index in [1.807, 2.05) is 17.9 Å². The predicted octanol–water partition coefficient (Wildman–Crippen LogP) is 0.181. The molecule has 0 amide bonds. The number of aryl methyl sites for hydroxylation is 1. The van der Waals surface area contributed by atoms with Crippen molar-refractivity contribution < 1.29 is 4.74 Å². The van der Waals surface area contributed by atoms with E-state index in [1.165, 1.54) is 11.3 Å². The second kappa shape index (κ2) is 2.81. The first-order chi connectivity index (χ1) is 6.82. The lowest BCUT2D eigenvalue weighted by Crippen LogP contribution is -2.44. The van der Waals surface area contributed by atoms with E-state index in [9.17, 15) is 0 Å². The molecule has 1 N–H and O–H groups in total. The summed E-state index contributed by atoms with van der Waals surface area (Å²) in [4.78, 5) is 0. The van der Waals surface area contributed by atoms with Gasteiger partial charge in [-0.1, -0.05) is 0 Å². The molecule has 4 heteroatoms. The van der Waals surface area contributed by atoms with Gasteiger partial charge in [-0.2, -0.15) is 5.10 Å². The first-order valence-electron chi connectivity index (χ1n) is 5.12. The van der Waals surface area contributed by atoms with Crippen LogP contribution < -0.4 is 5.32 Å². The second-order valence-electron chi connectivity index (χ2n) is 4.33. The molecule has 0 aromatic carbocycles. The van der Waals surface area contributed by atoms with Crippen LogP contribution in [0.15, 0.2) is 6.20 Å². The third-order valence-corrected chi connectivity index (χ3v) is 3.40. The highest BCUT2D eigenvalue weighted by Crippen LogP contribution is 2.36. The van der Waals surface area contributed by atoms with Gasteiger partial charge in [0.05, 0.1) is 23.9 Å². The third kappa shape index (κ3) is 0.980. The van der Waals surface area contributed by atoms with Crippen molar-refractivity contribution in [3.8, 4) is 0 Å². The van der Waals surface area contributed by atoms with E-state index >= 15 is 0 Å². The minimum atomic E-state index is 0.193. The third-order valence-electron chi connectivity index (χ3n) is 3.40. The number of aromatic nitrogens is 2. The average Bonchev–Trinajstić information content (AvgIpc) is 2.76. The van der Waals surface area contributed by atoms with Crippen LogP contribution in [0.4, 0.5) is 0 Å². The van der Waals surface area contributed by atoms with Crippen molar-refractivity contribution >= 4 is 0 Å². The number of rotatable bonds is 0. The first kappa shape index (κ1) is 8.44. The number of ether oxygens (including phenoxy) is 1. The standard InChI is InChI=1S/C10H15N3O/c1-13-9-8(5-12-13)4-11-6-10(9)2-3-14-7-10/h5,11H,2-4,6-7H2,1H3. The molecule has 1 atom stereocenters. The van der Waals surface area contributed by atoms with Crippen molar-refractivity contribution in [2.75, 3.05) is 19.8 Å². The summed E-state index contributed by atoms with van der Waals surface area (Å²) >= 11 is 0. The fraction of sp³-hybridized carbons (Fsp3) is 0.700. The van der Waals surface area contributed by atoms with Gasteiger partial charge in [0.25, 0.3) is 0 Å². The van der Waals surface area contributed by atoms with Crippen LogP contribution in [-0.2, 0) is 23.7 Å². The van der Waals surface area contributed by atoms with E-state index in [0.29, 0.717) is 0 Å². The molecule has 4 nitrogen and oxygen atoms in total. The minimum Gasteiger partial charge on any atom is -0.380 e. The summed E-state index contributed by atoms with van der Waals surface area (Å²) in [6, 6.07) is 0. The van der Waals surface area contributed by atoms with Gasteiger partial charge in [-0.3, -0.25) is 4.68 Å². The number of nitrogens with zero attached hydrogens (tertiary/aromatic N) is 2. The second-order valence-corrected chi connectivity index (χ2v) is 4.33.